The second-order valence-electron chi connectivity index (χ2n) is 6.90. The van der Waals surface area contributed by atoms with E-state index in [1.165, 1.54) is 0 Å². The van der Waals surface area contributed by atoms with Crippen molar-refractivity contribution >= 4 is 19.9 Å². The molecule has 0 N–H and O–H groups in total. The van der Waals surface area contributed by atoms with Gasteiger partial charge >= 0.3 is 0 Å². The highest BCUT2D eigenvalue weighted by Gasteiger charge is 2.35. The Labute approximate surface area is 150 Å². The largest absolute Gasteiger partial charge is 0.297 e. The molecule has 0 aliphatic carbocycles. The predicted molar refractivity (Wildman–Crippen MR) is 98.8 cm³/mol. The van der Waals surface area contributed by atoms with E-state index in [2.05, 4.69) is 4.90 Å². The first-order valence-electron chi connectivity index (χ1n) is 8.82. The fraction of sp³-hybridized carbons (Fsp3) is 0.647. The normalized spacial score (nSPS) is 25.2. The number of piperazine rings is 1. The van der Waals surface area contributed by atoms with E-state index in [1.54, 1.807) is 4.31 Å². The topological polar surface area (TPSA) is 74.8 Å². The van der Waals surface area contributed by atoms with E-state index in [9.17, 15) is 16.8 Å². The molecule has 1 aromatic rings. The Hall–Kier alpha value is -0.960. The maximum absolute atomic E-state index is 12.5. The molecule has 2 saturated heterocycles. The van der Waals surface area contributed by atoms with Crippen LogP contribution in [0.15, 0.2) is 30.3 Å². The van der Waals surface area contributed by atoms with Crippen molar-refractivity contribution in [3.8, 4) is 0 Å². The average molecular weight is 387 g/mol. The number of aryl methyl sites for hydroxylation is 1. The van der Waals surface area contributed by atoms with Crippen molar-refractivity contribution in [1.82, 2.24) is 9.21 Å². The molecule has 1 atom stereocenters. The van der Waals surface area contributed by atoms with Crippen LogP contribution in [0.3, 0.4) is 0 Å². The number of hydrogen-bond acceptors (Lipinski definition) is 5. The van der Waals surface area contributed by atoms with Crippen molar-refractivity contribution in [1.29, 1.82) is 0 Å². The molecule has 6 nitrogen and oxygen atoms in total. The first kappa shape index (κ1) is 18.8. The van der Waals surface area contributed by atoms with Gasteiger partial charge in [0.1, 0.15) is 0 Å². The fourth-order valence-corrected chi connectivity index (χ4v) is 6.89. The van der Waals surface area contributed by atoms with E-state index in [0.717, 1.165) is 12.0 Å². The van der Waals surface area contributed by atoms with Crippen molar-refractivity contribution in [3.05, 3.63) is 35.9 Å². The van der Waals surface area contributed by atoms with Crippen LogP contribution in [0.25, 0.3) is 0 Å². The molecule has 0 radical (unpaired) electrons. The van der Waals surface area contributed by atoms with Gasteiger partial charge in [0.25, 0.3) is 0 Å². The molecule has 2 heterocycles. The van der Waals surface area contributed by atoms with Gasteiger partial charge in [-0.15, -0.1) is 0 Å². The van der Waals surface area contributed by atoms with Gasteiger partial charge in [-0.2, -0.15) is 4.31 Å². The zero-order chi connectivity index (χ0) is 17.9. The third-order valence-electron chi connectivity index (χ3n) is 5.10. The van der Waals surface area contributed by atoms with E-state index in [4.69, 9.17) is 0 Å². The lowest BCUT2D eigenvalue weighted by Gasteiger charge is -2.37. The summed E-state index contributed by atoms with van der Waals surface area (Å²) in [6, 6.07) is 9.98. The SMILES string of the molecule is O=S1(=O)CCC(N2CCN(S(=O)(=O)CCCc3ccccc3)CC2)C1. The molecule has 0 aromatic heterocycles. The van der Waals surface area contributed by atoms with Gasteiger partial charge in [-0.25, -0.2) is 16.8 Å². The number of benzene rings is 1. The van der Waals surface area contributed by atoms with Crippen LogP contribution in [0, 0.1) is 0 Å². The van der Waals surface area contributed by atoms with Gasteiger partial charge in [-0.3, -0.25) is 4.90 Å². The summed E-state index contributed by atoms with van der Waals surface area (Å²) in [6.07, 6.45) is 2.06. The Balaban J connectivity index is 1.46. The van der Waals surface area contributed by atoms with Crippen LogP contribution in [0.1, 0.15) is 18.4 Å². The lowest BCUT2D eigenvalue weighted by molar-refractivity contribution is 0.148. The van der Waals surface area contributed by atoms with E-state index < -0.39 is 19.9 Å². The Kier molecular flexibility index (Phi) is 5.82. The number of nitrogens with zero attached hydrogens (tertiary/aromatic N) is 2. The molecule has 2 aliphatic heterocycles. The van der Waals surface area contributed by atoms with E-state index >= 15 is 0 Å². The van der Waals surface area contributed by atoms with Crippen molar-refractivity contribution in [3.63, 3.8) is 0 Å². The van der Waals surface area contributed by atoms with Crippen LogP contribution >= 0.6 is 0 Å². The lowest BCUT2D eigenvalue weighted by Crippen LogP contribution is -2.52. The minimum atomic E-state index is -3.23. The number of hydrogen-bond donors (Lipinski definition) is 0. The average Bonchev–Trinajstić information content (AvgIpc) is 2.96. The Morgan fingerprint density at radius 3 is 2.32 bits per heavy atom. The predicted octanol–water partition coefficient (Wildman–Crippen LogP) is 0.754. The highest BCUT2D eigenvalue weighted by molar-refractivity contribution is 7.91. The number of rotatable bonds is 6. The van der Waals surface area contributed by atoms with Crippen LogP contribution < -0.4 is 0 Å². The third kappa shape index (κ3) is 5.03. The van der Waals surface area contributed by atoms with Crippen molar-refractivity contribution in [2.45, 2.75) is 25.3 Å². The van der Waals surface area contributed by atoms with Crippen LogP contribution in [-0.4, -0.2) is 75.5 Å². The molecule has 3 rings (SSSR count). The highest BCUT2D eigenvalue weighted by Crippen LogP contribution is 2.20. The Morgan fingerprint density at radius 1 is 1.04 bits per heavy atom. The smallest absolute Gasteiger partial charge is 0.214 e. The minimum Gasteiger partial charge on any atom is -0.297 e. The number of sulfonamides is 1. The summed E-state index contributed by atoms with van der Waals surface area (Å²) < 4.78 is 49.8. The van der Waals surface area contributed by atoms with Crippen LogP contribution in [0.4, 0.5) is 0 Å². The summed E-state index contributed by atoms with van der Waals surface area (Å²) in [7, 11) is -6.13. The summed E-state index contributed by atoms with van der Waals surface area (Å²) >= 11 is 0. The quantitative estimate of drug-likeness (QED) is 0.721. The summed E-state index contributed by atoms with van der Waals surface area (Å²) in [4.78, 5) is 2.14. The van der Waals surface area contributed by atoms with Gasteiger partial charge in [-0.05, 0) is 24.8 Å². The van der Waals surface area contributed by atoms with E-state index in [-0.39, 0.29) is 23.3 Å². The zero-order valence-corrected chi connectivity index (χ0v) is 16.0. The van der Waals surface area contributed by atoms with Gasteiger partial charge in [-0.1, -0.05) is 30.3 Å². The van der Waals surface area contributed by atoms with Gasteiger partial charge in [0.15, 0.2) is 9.84 Å². The van der Waals surface area contributed by atoms with Gasteiger partial charge in [0.05, 0.1) is 17.3 Å². The standard InChI is InChI=1S/C17H26N2O4S2/c20-24(21)14-8-17(15-24)18-9-11-19(12-10-18)25(22,23)13-4-7-16-5-2-1-3-6-16/h1-3,5-6,17H,4,7-15H2. The minimum absolute atomic E-state index is 0.0629. The molecule has 8 heteroatoms. The molecule has 0 amide bonds. The van der Waals surface area contributed by atoms with Crippen molar-refractivity contribution < 1.29 is 16.8 Å². The summed E-state index contributed by atoms with van der Waals surface area (Å²) in [5, 5.41) is 0. The van der Waals surface area contributed by atoms with Crippen LogP contribution in [-0.2, 0) is 26.3 Å². The Bertz CT molecular complexity index is 770. The molecular weight excluding hydrogens is 360 g/mol. The zero-order valence-electron chi connectivity index (χ0n) is 14.4. The van der Waals surface area contributed by atoms with E-state index in [1.807, 2.05) is 30.3 Å². The molecule has 2 aliphatic rings. The molecule has 2 fully saturated rings. The molecular formula is C17H26N2O4S2. The second kappa shape index (κ2) is 7.73. The lowest BCUT2D eigenvalue weighted by atomic mass is 10.1. The molecule has 0 saturated carbocycles. The second-order valence-corrected chi connectivity index (χ2v) is 11.2. The Morgan fingerprint density at radius 2 is 1.72 bits per heavy atom. The molecule has 25 heavy (non-hydrogen) atoms. The summed E-state index contributed by atoms with van der Waals surface area (Å²) in [6.45, 7) is 2.17. The fourth-order valence-electron chi connectivity index (χ4n) is 3.64. The van der Waals surface area contributed by atoms with Crippen LogP contribution in [0.5, 0.6) is 0 Å². The first-order valence-corrected chi connectivity index (χ1v) is 12.2. The van der Waals surface area contributed by atoms with E-state index in [0.29, 0.717) is 39.0 Å². The number of sulfone groups is 1. The van der Waals surface area contributed by atoms with Gasteiger partial charge in [0, 0.05) is 32.2 Å². The molecule has 0 spiro atoms. The first-order chi connectivity index (χ1) is 11.9. The molecule has 1 aromatic carbocycles. The third-order valence-corrected chi connectivity index (χ3v) is 8.81. The van der Waals surface area contributed by atoms with Crippen molar-refractivity contribution in [2.75, 3.05) is 43.4 Å². The highest BCUT2D eigenvalue weighted by atomic mass is 32.2. The van der Waals surface area contributed by atoms with Crippen molar-refractivity contribution in [2.24, 2.45) is 0 Å². The molecule has 140 valence electrons. The van der Waals surface area contributed by atoms with Gasteiger partial charge in [0.2, 0.25) is 10.0 Å². The molecule has 1 unspecified atom stereocenters. The summed E-state index contributed by atoms with van der Waals surface area (Å²) in [5.41, 5.74) is 1.16. The van der Waals surface area contributed by atoms with Crippen LogP contribution in [0.2, 0.25) is 0 Å². The molecule has 0 bridgehead atoms. The summed E-state index contributed by atoms with van der Waals surface area (Å²) in [5.74, 6) is 0.645. The van der Waals surface area contributed by atoms with Gasteiger partial charge < -0.3 is 0 Å². The maximum Gasteiger partial charge on any atom is 0.214 e. The monoisotopic (exact) mass is 386 g/mol. The maximum atomic E-state index is 12.5.